The number of hydrogen-bond donors (Lipinski definition) is 3. The first-order chi connectivity index (χ1) is 6.54. The van der Waals surface area contributed by atoms with Crippen LogP contribution in [0.15, 0.2) is 23.3 Å². The molecular weight excluding hydrogens is 188 g/mol. The van der Waals surface area contributed by atoms with Gasteiger partial charge in [-0.1, -0.05) is 0 Å². The molecule has 1 aromatic carbocycles. The van der Waals surface area contributed by atoms with Crippen molar-refractivity contribution in [2.75, 3.05) is 0 Å². The van der Waals surface area contributed by atoms with E-state index in [-0.39, 0.29) is 16.8 Å². The standard InChI is InChI=1S/C8H6N2O4/c9-10-6-2-4(7(11)12)1-5(3-6)8(13)14/h1-3,9H,(H,11,12)(H,13,14). The third kappa shape index (κ3) is 1.92. The van der Waals surface area contributed by atoms with Crippen LogP contribution in [-0.4, -0.2) is 22.2 Å². The van der Waals surface area contributed by atoms with Crippen LogP contribution in [0.25, 0.3) is 0 Å². The molecule has 72 valence electrons. The minimum Gasteiger partial charge on any atom is -0.478 e. The number of nitrogens with zero attached hydrogens (tertiary/aromatic N) is 1. The van der Waals surface area contributed by atoms with Gasteiger partial charge in [-0.05, 0) is 18.2 Å². The van der Waals surface area contributed by atoms with Crippen molar-refractivity contribution >= 4 is 17.6 Å². The zero-order chi connectivity index (χ0) is 10.7. The Morgan fingerprint density at radius 3 is 1.79 bits per heavy atom. The molecule has 0 aliphatic heterocycles. The molecule has 6 heteroatoms. The summed E-state index contributed by atoms with van der Waals surface area (Å²) < 4.78 is 0. The van der Waals surface area contributed by atoms with Gasteiger partial charge in [0, 0.05) is 0 Å². The van der Waals surface area contributed by atoms with Crippen LogP contribution in [0, 0.1) is 5.53 Å². The minimum absolute atomic E-state index is 0.00213. The van der Waals surface area contributed by atoms with Crippen LogP contribution >= 0.6 is 0 Å². The van der Waals surface area contributed by atoms with E-state index in [0.717, 1.165) is 18.2 Å². The number of rotatable bonds is 3. The van der Waals surface area contributed by atoms with Crippen LogP contribution < -0.4 is 0 Å². The lowest BCUT2D eigenvalue weighted by Gasteiger charge is -1.99. The molecule has 0 aliphatic carbocycles. The number of carboxylic acid groups (broad SMARTS) is 2. The Morgan fingerprint density at radius 1 is 1.07 bits per heavy atom. The fourth-order valence-electron chi connectivity index (χ4n) is 0.923. The molecule has 6 nitrogen and oxygen atoms in total. The van der Waals surface area contributed by atoms with Crippen molar-refractivity contribution in [2.45, 2.75) is 0 Å². The molecule has 0 heterocycles. The Kier molecular flexibility index (Phi) is 2.57. The Balaban J connectivity index is 3.34. The highest BCUT2D eigenvalue weighted by atomic mass is 16.4. The van der Waals surface area contributed by atoms with Crippen molar-refractivity contribution in [3.63, 3.8) is 0 Å². The number of carboxylic acids is 2. The van der Waals surface area contributed by atoms with E-state index >= 15 is 0 Å². The summed E-state index contributed by atoms with van der Waals surface area (Å²) in [5.41, 5.74) is 6.26. The second-order valence-electron chi connectivity index (χ2n) is 2.49. The van der Waals surface area contributed by atoms with E-state index in [9.17, 15) is 9.59 Å². The molecule has 1 rings (SSSR count). The Hall–Kier alpha value is -2.24. The van der Waals surface area contributed by atoms with Crippen LogP contribution in [0.3, 0.4) is 0 Å². The van der Waals surface area contributed by atoms with Gasteiger partial charge in [-0.15, -0.1) is 0 Å². The first-order valence-electron chi connectivity index (χ1n) is 3.53. The van der Waals surface area contributed by atoms with Gasteiger partial charge in [0.25, 0.3) is 0 Å². The summed E-state index contributed by atoms with van der Waals surface area (Å²) in [5, 5.41) is 20.2. The van der Waals surface area contributed by atoms with Crippen molar-refractivity contribution in [3.05, 3.63) is 29.3 Å². The van der Waals surface area contributed by atoms with Gasteiger partial charge >= 0.3 is 11.9 Å². The molecule has 0 aliphatic rings. The van der Waals surface area contributed by atoms with E-state index in [2.05, 4.69) is 5.11 Å². The van der Waals surface area contributed by atoms with Crippen LogP contribution in [0.1, 0.15) is 20.7 Å². The summed E-state index contributed by atoms with van der Waals surface area (Å²) >= 11 is 0. The lowest BCUT2D eigenvalue weighted by molar-refractivity contribution is 0.0696. The van der Waals surface area contributed by atoms with Gasteiger partial charge in [0.1, 0.15) is 0 Å². The summed E-state index contributed by atoms with van der Waals surface area (Å²) in [6.45, 7) is 0. The lowest BCUT2D eigenvalue weighted by atomic mass is 10.1. The van der Waals surface area contributed by atoms with Crippen molar-refractivity contribution in [1.82, 2.24) is 0 Å². The maximum absolute atomic E-state index is 10.5. The smallest absolute Gasteiger partial charge is 0.335 e. The Labute approximate surface area is 78.3 Å². The van der Waals surface area contributed by atoms with Crippen molar-refractivity contribution in [2.24, 2.45) is 5.11 Å². The van der Waals surface area contributed by atoms with Gasteiger partial charge in [0.05, 0.1) is 16.8 Å². The molecule has 0 amide bonds. The van der Waals surface area contributed by atoms with Crippen molar-refractivity contribution in [3.8, 4) is 0 Å². The third-order valence-electron chi connectivity index (χ3n) is 1.54. The van der Waals surface area contributed by atoms with Crippen LogP contribution in [0.5, 0.6) is 0 Å². The summed E-state index contributed by atoms with van der Waals surface area (Å²) in [6, 6.07) is 3.27. The van der Waals surface area contributed by atoms with E-state index < -0.39 is 11.9 Å². The van der Waals surface area contributed by atoms with Gasteiger partial charge in [0.15, 0.2) is 0 Å². The Morgan fingerprint density at radius 2 is 1.50 bits per heavy atom. The third-order valence-corrected chi connectivity index (χ3v) is 1.54. The molecule has 3 N–H and O–H groups in total. The summed E-state index contributed by atoms with van der Waals surface area (Å²) in [4.78, 5) is 21.1. The van der Waals surface area contributed by atoms with E-state index in [4.69, 9.17) is 15.7 Å². The van der Waals surface area contributed by atoms with Crippen LogP contribution in [0.2, 0.25) is 0 Å². The molecule has 0 aromatic heterocycles. The summed E-state index contributed by atoms with van der Waals surface area (Å²) in [7, 11) is 0. The van der Waals surface area contributed by atoms with Gasteiger partial charge in [-0.25, -0.2) is 15.1 Å². The number of aromatic carboxylic acids is 2. The fourth-order valence-corrected chi connectivity index (χ4v) is 0.923. The predicted octanol–water partition coefficient (Wildman–Crippen LogP) is 1.75. The molecule has 0 bridgehead atoms. The van der Waals surface area contributed by atoms with Crippen LogP contribution in [0.4, 0.5) is 5.69 Å². The molecule has 0 saturated heterocycles. The first-order valence-corrected chi connectivity index (χ1v) is 3.53. The average molecular weight is 194 g/mol. The zero-order valence-electron chi connectivity index (χ0n) is 6.89. The molecule has 0 spiro atoms. The maximum atomic E-state index is 10.5. The minimum atomic E-state index is -1.25. The molecule has 0 radical (unpaired) electrons. The monoisotopic (exact) mass is 194 g/mol. The largest absolute Gasteiger partial charge is 0.478 e. The number of carbonyl (C=O) groups is 2. The number of hydrogen-bond acceptors (Lipinski definition) is 4. The summed E-state index contributed by atoms with van der Waals surface area (Å²) in [5.74, 6) is -2.50. The predicted molar refractivity (Wildman–Crippen MR) is 45.2 cm³/mol. The second-order valence-corrected chi connectivity index (χ2v) is 2.49. The fraction of sp³-hybridized carbons (Fsp3) is 0. The van der Waals surface area contributed by atoms with E-state index in [1.54, 1.807) is 0 Å². The van der Waals surface area contributed by atoms with Gasteiger partial charge in [-0.3, -0.25) is 0 Å². The topological polar surface area (TPSA) is 111 Å². The molecule has 0 fully saturated rings. The molecule has 1 aromatic rings. The van der Waals surface area contributed by atoms with Crippen LogP contribution in [-0.2, 0) is 0 Å². The molecule has 14 heavy (non-hydrogen) atoms. The second kappa shape index (κ2) is 3.65. The first kappa shape index (κ1) is 9.85. The zero-order valence-corrected chi connectivity index (χ0v) is 6.89. The lowest BCUT2D eigenvalue weighted by Crippen LogP contribution is -2.01. The molecular formula is C8H6N2O4. The van der Waals surface area contributed by atoms with Gasteiger partial charge < -0.3 is 10.2 Å². The Bertz CT molecular complexity index is 382. The van der Waals surface area contributed by atoms with Crippen molar-refractivity contribution in [1.29, 1.82) is 5.53 Å². The highest BCUT2D eigenvalue weighted by Crippen LogP contribution is 2.17. The molecule has 0 unspecified atom stereocenters. The van der Waals surface area contributed by atoms with Gasteiger partial charge in [0.2, 0.25) is 0 Å². The normalized spacial score (nSPS) is 9.43. The maximum Gasteiger partial charge on any atom is 0.335 e. The highest BCUT2D eigenvalue weighted by molar-refractivity contribution is 5.95. The van der Waals surface area contributed by atoms with Gasteiger partial charge in [-0.2, -0.15) is 5.11 Å². The van der Waals surface area contributed by atoms with E-state index in [1.807, 2.05) is 0 Å². The number of benzene rings is 1. The SMILES string of the molecule is N=Nc1cc(C(=O)O)cc(C(=O)O)c1. The van der Waals surface area contributed by atoms with E-state index in [0.29, 0.717) is 0 Å². The highest BCUT2D eigenvalue weighted by Gasteiger charge is 2.10. The van der Waals surface area contributed by atoms with E-state index in [1.165, 1.54) is 0 Å². The molecule has 0 saturated carbocycles. The molecule has 0 atom stereocenters. The summed E-state index contributed by atoms with van der Waals surface area (Å²) in [6.07, 6.45) is 0. The number of nitrogens with one attached hydrogen (secondary N) is 1. The quantitative estimate of drug-likeness (QED) is 0.636. The average Bonchev–Trinajstić information content (AvgIpc) is 2.16. The van der Waals surface area contributed by atoms with Crippen molar-refractivity contribution < 1.29 is 19.8 Å².